The fourth-order valence-corrected chi connectivity index (χ4v) is 3.80. The monoisotopic (exact) mass is 267 g/mol. The molecule has 19 heavy (non-hydrogen) atoms. The Kier molecular flexibility index (Phi) is 5.22. The topological polar surface area (TPSA) is 58.4 Å². The normalized spacial score (nSPS) is 34.2. The minimum absolute atomic E-state index is 0.101. The molecule has 4 heteroatoms. The molecule has 0 spiro atoms. The Bertz CT molecular complexity index is 300. The molecular formula is C15H29N3O. The number of nitrogens with two attached hydrogens (primary N) is 1. The van der Waals surface area contributed by atoms with Crippen molar-refractivity contribution in [3.8, 4) is 0 Å². The summed E-state index contributed by atoms with van der Waals surface area (Å²) >= 11 is 0. The molecule has 1 saturated heterocycles. The Morgan fingerprint density at radius 2 is 1.95 bits per heavy atom. The predicted molar refractivity (Wildman–Crippen MR) is 77.8 cm³/mol. The van der Waals surface area contributed by atoms with Crippen LogP contribution in [0.15, 0.2) is 0 Å². The average molecular weight is 267 g/mol. The maximum Gasteiger partial charge on any atom is 0.217 e. The zero-order chi connectivity index (χ0) is 13.8. The van der Waals surface area contributed by atoms with Crippen LogP contribution < -0.4 is 11.1 Å². The molecule has 0 bridgehead atoms. The van der Waals surface area contributed by atoms with E-state index < -0.39 is 0 Å². The number of amides is 1. The number of carbonyl (C=O) groups is 1. The van der Waals surface area contributed by atoms with E-state index in [-0.39, 0.29) is 5.91 Å². The van der Waals surface area contributed by atoms with Crippen LogP contribution in [0.1, 0.15) is 46.0 Å². The summed E-state index contributed by atoms with van der Waals surface area (Å²) in [6.07, 6.45) is 6.09. The van der Waals surface area contributed by atoms with Gasteiger partial charge in [0.15, 0.2) is 0 Å². The van der Waals surface area contributed by atoms with Gasteiger partial charge in [-0.1, -0.05) is 13.3 Å². The van der Waals surface area contributed by atoms with Gasteiger partial charge in [0.1, 0.15) is 0 Å². The third kappa shape index (κ3) is 3.93. The maximum atomic E-state index is 11.1. The molecule has 110 valence electrons. The fourth-order valence-electron chi connectivity index (χ4n) is 3.80. The summed E-state index contributed by atoms with van der Waals surface area (Å²) in [5.41, 5.74) is 5.96. The van der Waals surface area contributed by atoms with E-state index in [2.05, 4.69) is 17.1 Å². The SMILES string of the molecule is CC(=O)NC1CCN(C2CC(C)CCC2CN)CC1. The molecule has 1 heterocycles. The smallest absolute Gasteiger partial charge is 0.217 e. The van der Waals surface area contributed by atoms with Gasteiger partial charge in [-0.15, -0.1) is 0 Å². The molecule has 0 aromatic rings. The van der Waals surface area contributed by atoms with Crippen LogP contribution >= 0.6 is 0 Å². The third-order valence-electron chi connectivity index (χ3n) is 4.93. The highest BCUT2D eigenvalue weighted by molar-refractivity contribution is 5.73. The van der Waals surface area contributed by atoms with Gasteiger partial charge >= 0.3 is 0 Å². The molecule has 1 saturated carbocycles. The molecule has 0 aromatic carbocycles. The molecule has 0 aromatic heterocycles. The van der Waals surface area contributed by atoms with Gasteiger partial charge in [0.25, 0.3) is 0 Å². The van der Waals surface area contributed by atoms with Crippen molar-refractivity contribution in [2.45, 2.75) is 58.0 Å². The van der Waals surface area contributed by atoms with Crippen molar-refractivity contribution in [1.82, 2.24) is 10.2 Å². The van der Waals surface area contributed by atoms with E-state index in [9.17, 15) is 4.79 Å². The Labute approximate surface area is 117 Å². The first-order valence-corrected chi connectivity index (χ1v) is 7.81. The van der Waals surface area contributed by atoms with Crippen molar-refractivity contribution in [1.29, 1.82) is 0 Å². The molecule has 3 atom stereocenters. The van der Waals surface area contributed by atoms with E-state index in [1.54, 1.807) is 6.92 Å². The van der Waals surface area contributed by atoms with Gasteiger partial charge < -0.3 is 11.1 Å². The lowest BCUT2D eigenvalue weighted by molar-refractivity contribution is -0.120. The highest BCUT2D eigenvalue weighted by Crippen LogP contribution is 2.33. The van der Waals surface area contributed by atoms with Crippen LogP contribution in [0.4, 0.5) is 0 Å². The van der Waals surface area contributed by atoms with Crippen LogP contribution in [0.5, 0.6) is 0 Å². The molecule has 4 nitrogen and oxygen atoms in total. The Morgan fingerprint density at radius 1 is 1.26 bits per heavy atom. The van der Waals surface area contributed by atoms with E-state index in [1.807, 2.05) is 0 Å². The molecule has 1 aliphatic carbocycles. The van der Waals surface area contributed by atoms with Crippen LogP contribution in [0, 0.1) is 11.8 Å². The number of likely N-dealkylation sites (tertiary alicyclic amines) is 1. The van der Waals surface area contributed by atoms with Gasteiger partial charge in [-0.3, -0.25) is 9.69 Å². The number of hydrogen-bond donors (Lipinski definition) is 2. The predicted octanol–water partition coefficient (Wildman–Crippen LogP) is 1.35. The molecule has 2 fully saturated rings. The lowest BCUT2D eigenvalue weighted by Crippen LogP contribution is -2.52. The lowest BCUT2D eigenvalue weighted by atomic mass is 9.77. The van der Waals surface area contributed by atoms with Crippen LogP contribution in [-0.4, -0.2) is 42.5 Å². The van der Waals surface area contributed by atoms with Gasteiger partial charge in [-0.25, -0.2) is 0 Å². The Hall–Kier alpha value is -0.610. The van der Waals surface area contributed by atoms with Crippen molar-refractivity contribution >= 4 is 5.91 Å². The van der Waals surface area contributed by atoms with Gasteiger partial charge in [0.05, 0.1) is 0 Å². The van der Waals surface area contributed by atoms with Crippen molar-refractivity contribution in [3.05, 3.63) is 0 Å². The molecule has 2 rings (SSSR count). The number of nitrogens with one attached hydrogen (secondary N) is 1. The highest BCUT2D eigenvalue weighted by atomic mass is 16.1. The van der Waals surface area contributed by atoms with E-state index in [4.69, 9.17) is 5.73 Å². The van der Waals surface area contributed by atoms with Crippen molar-refractivity contribution in [2.24, 2.45) is 17.6 Å². The molecular weight excluding hydrogens is 238 g/mol. The van der Waals surface area contributed by atoms with Gasteiger partial charge in [0.2, 0.25) is 5.91 Å². The standard InChI is InChI=1S/C15H29N3O/c1-11-3-4-13(10-16)15(9-11)18-7-5-14(6-8-18)17-12(2)19/h11,13-15H,3-10,16H2,1-2H3,(H,17,19). The number of carbonyl (C=O) groups excluding carboxylic acids is 1. The van der Waals surface area contributed by atoms with Crippen molar-refractivity contribution in [2.75, 3.05) is 19.6 Å². The minimum atomic E-state index is 0.101. The molecule has 2 aliphatic rings. The molecule has 0 radical (unpaired) electrons. The number of rotatable bonds is 3. The van der Waals surface area contributed by atoms with Gasteiger partial charge in [-0.2, -0.15) is 0 Å². The lowest BCUT2D eigenvalue weighted by Gasteiger charge is -2.44. The van der Waals surface area contributed by atoms with Crippen LogP contribution in [0.25, 0.3) is 0 Å². The van der Waals surface area contributed by atoms with E-state index in [1.165, 1.54) is 19.3 Å². The van der Waals surface area contributed by atoms with Crippen LogP contribution in [0.2, 0.25) is 0 Å². The largest absolute Gasteiger partial charge is 0.354 e. The first kappa shape index (κ1) is 14.8. The minimum Gasteiger partial charge on any atom is -0.354 e. The summed E-state index contributed by atoms with van der Waals surface area (Å²) in [5, 5.41) is 3.05. The molecule has 3 N–H and O–H groups in total. The van der Waals surface area contributed by atoms with Crippen molar-refractivity contribution < 1.29 is 4.79 Å². The summed E-state index contributed by atoms with van der Waals surface area (Å²) < 4.78 is 0. The van der Waals surface area contributed by atoms with Gasteiger partial charge in [-0.05, 0) is 44.1 Å². The second kappa shape index (κ2) is 6.71. The van der Waals surface area contributed by atoms with Crippen molar-refractivity contribution in [3.63, 3.8) is 0 Å². The first-order valence-electron chi connectivity index (χ1n) is 7.81. The Balaban J connectivity index is 1.86. The van der Waals surface area contributed by atoms with E-state index >= 15 is 0 Å². The second-order valence-electron chi connectivity index (χ2n) is 6.49. The fraction of sp³-hybridized carbons (Fsp3) is 0.933. The molecule has 3 unspecified atom stereocenters. The van der Waals surface area contributed by atoms with Crippen LogP contribution in [-0.2, 0) is 4.79 Å². The van der Waals surface area contributed by atoms with E-state index in [0.29, 0.717) is 18.0 Å². The molecule has 1 aliphatic heterocycles. The number of piperidine rings is 1. The summed E-state index contributed by atoms with van der Waals surface area (Å²) in [4.78, 5) is 13.7. The second-order valence-corrected chi connectivity index (χ2v) is 6.49. The van der Waals surface area contributed by atoms with Crippen LogP contribution in [0.3, 0.4) is 0 Å². The van der Waals surface area contributed by atoms with Gasteiger partial charge in [0, 0.05) is 32.1 Å². The summed E-state index contributed by atoms with van der Waals surface area (Å²) in [6, 6.07) is 1.05. The zero-order valence-electron chi connectivity index (χ0n) is 12.4. The summed E-state index contributed by atoms with van der Waals surface area (Å²) in [5.74, 6) is 1.61. The Morgan fingerprint density at radius 3 is 2.53 bits per heavy atom. The highest BCUT2D eigenvalue weighted by Gasteiger charge is 2.34. The summed E-state index contributed by atoms with van der Waals surface area (Å²) in [6.45, 7) is 7.02. The third-order valence-corrected chi connectivity index (χ3v) is 4.93. The van der Waals surface area contributed by atoms with E-state index in [0.717, 1.165) is 38.4 Å². The maximum absolute atomic E-state index is 11.1. The quantitative estimate of drug-likeness (QED) is 0.811. The average Bonchev–Trinajstić information content (AvgIpc) is 2.39. The summed E-state index contributed by atoms with van der Waals surface area (Å²) in [7, 11) is 0. The zero-order valence-corrected chi connectivity index (χ0v) is 12.4. The molecule has 1 amide bonds. The number of nitrogens with zero attached hydrogens (tertiary/aromatic N) is 1. The first-order chi connectivity index (χ1) is 9.10. The number of hydrogen-bond acceptors (Lipinski definition) is 3.